The average molecular weight is 428 g/mol. The first-order valence-corrected chi connectivity index (χ1v) is 10.3. The Bertz CT molecular complexity index is 1220. The summed E-state index contributed by atoms with van der Waals surface area (Å²) in [5.41, 5.74) is 3.71. The van der Waals surface area contributed by atoms with Gasteiger partial charge >= 0.3 is 0 Å². The molecule has 2 heterocycles. The minimum atomic E-state index is -0.722. The van der Waals surface area contributed by atoms with Crippen molar-refractivity contribution < 1.29 is 19.4 Å². The molecule has 0 spiro atoms. The summed E-state index contributed by atoms with van der Waals surface area (Å²) in [5.74, 6) is -0.894. The Morgan fingerprint density at radius 2 is 1.78 bits per heavy atom. The van der Waals surface area contributed by atoms with Gasteiger partial charge in [0.25, 0.3) is 11.7 Å². The van der Waals surface area contributed by atoms with E-state index in [2.05, 4.69) is 4.98 Å². The zero-order valence-electron chi connectivity index (χ0n) is 18.2. The molecule has 3 aromatic rings. The topological polar surface area (TPSA) is 79.7 Å². The fourth-order valence-electron chi connectivity index (χ4n) is 4.11. The minimum Gasteiger partial charge on any atom is -0.507 e. The van der Waals surface area contributed by atoms with Crippen LogP contribution in [0.1, 0.15) is 34.0 Å². The van der Waals surface area contributed by atoms with Gasteiger partial charge in [0.15, 0.2) is 0 Å². The number of benzene rings is 2. The Morgan fingerprint density at radius 3 is 2.44 bits per heavy atom. The molecule has 6 nitrogen and oxygen atoms in total. The number of amides is 1. The maximum Gasteiger partial charge on any atom is 0.296 e. The second-order valence-electron chi connectivity index (χ2n) is 7.79. The van der Waals surface area contributed by atoms with Crippen molar-refractivity contribution in [2.75, 3.05) is 7.11 Å². The van der Waals surface area contributed by atoms with Gasteiger partial charge in [-0.15, -0.1) is 0 Å². The van der Waals surface area contributed by atoms with Crippen LogP contribution in [-0.2, 0) is 16.1 Å². The zero-order valence-corrected chi connectivity index (χ0v) is 18.2. The average Bonchev–Trinajstić information content (AvgIpc) is 3.04. The molecule has 32 heavy (non-hydrogen) atoms. The molecule has 0 aliphatic carbocycles. The smallest absolute Gasteiger partial charge is 0.296 e. The highest BCUT2D eigenvalue weighted by molar-refractivity contribution is 6.46. The summed E-state index contributed by atoms with van der Waals surface area (Å²) < 4.78 is 5.30. The summed E-state index contributed by atoms with van der Waals surface area (Å²) in [7, 11) is 1.57. The molecule has 2 aromatic carbocycles. The van der Waals surface area contributed by atoms with Crippen molar-refractivity contribution in [1.82, 2.24) is 9.88 Å². The van der Waals surface area contributed by atoms with Gasteiger partial charge in [-0.25, -0.2) is 0 Å². The van der Waals surface area contributed by atoms with Crippen molar-refractivity contribution >= 4 is 17.4 Å². The molecular weight excluding hydrogens is 404 g/mol. The second-order valence-corrected chi connectivity index (χ2v) is 7.79. The molecule has 1 aliphatic heterocycles. The Morgan fingerprint density at radius 1 is 1.03 bits per heavy atom. The van der Waals surface area contributed by atoms with Gasteiger partial charge in [0.05, 0.1) is 31.0 Å². The quantitative estimate of drug-likeness (QED) is 0.372. The van der Waals surface area contributed by atoms with Crippen molar-refractivity contribution in [1.29, 1.82) is 0 Å². The number of aliphatic hydroxyl groups excluding tert-OH is 1. The number of aryl methyl sites for hydroxylation is 2. The molecule has 1 N–H and O–H groups in total. The van der Waals surface area contributed by atoms with Crippen LogP contribution in [0.4, 0.5) is 0 Å². The van der Waals surface area contributed by atoms with Gasteiger partial charge in [-0.3, -0.25) is 14.6 Å². The first-order chi connectivity index (χ1) is 15.4. The van der Waals surface area contributed by atoms with Crippen LogP contribution < -0.4 is 4.74 Å². The van der Waals surface area contributed by atoms with Gasteiger partial charge in [0.1, 0.15) is 11.5 Å². The lowest BCUT2D eigenvalue weighted by atomic mass is 9.92. The second kappa shape index (κ2) is 8.67. The molecular formula is C26H24N2O4. The van der Waals surface area contributed by atoms with Crippen LogP contribution in [0.5, 0.6) is 5.75 Å². The van der Waals surface area contributed by atoms with Crippen LogP contribution in [0, 0.1) is 13.8 Å². The van der Waals surface area contributed by atoms with E-state index in [1.807, 2.05) is 44.2 Å². The number of hydrogen-bond acceptors (Lipinski definition) is 5. The molecule has 1 amide bonds. The Balaban J connectivity index is 1.89. The number of aliphatic hydroxyl groups is 1. The molecule has 6 heteroatoms. The Kier molecular flexibility index (Phi) is 5.77. The first-order valence-electron chi connectivity index (χ1n) is 10.3. The predicted octanol–water partition coefficient (Wildman–Crippen LogP) is 4.33. The minimum absolute atomic E-state index is 0.0739. The number of ketones is 1. The number of hydrogen-bond donors (Lipinski definition) is 1. The van der Waals surface area contributed by atoms with Gasteiger partial charge in [-0.2, -0.15) is 0 Å². The van der Waals surface area contributed by atoms with E-state index in [0.717, 1.165) is 16.7 Å². The standard InChI is InChI=1S/C26H24N2O4/c1-16-8-4-5-10-20(16)23-22(24(29)18-11-12-21(32-3)17(2)14-18)25(30)26(31)28(23)15-19-9-6-7-13-27-19/h4-14,23,29H,15H2,1-3H3/b24-22+. The number of pyridine rings is 1. The van der Waals surface area contributed by atoms with Crippen LogP contribution in [0.2, 0.25) is 0 Å². The van der Waals surface area contributed by atoms with Crippen LogP contribution in [0.15, 0.2) is 72.4 Å². The third-order valence-electron chi connectivity index (χ3n) is 5.75. The highest BCUT2D eigenvalue weighted by atomic mass is 16.5. The highest BCUT2D eigenvalue weighted by Crippen LogP contribution is 2.41. The van der Waals surface area contributed by atoms with E-state index in [9.17, 15) is 14.7 Å². The molecule has 1 saturated heterocycles. The van der Waals surface area contributed by atoms with E-state index in [4.69, 9.17) is 4.74 Å². The molecule has 0 saturated carbocycles. The van der Waals surface area contributed by atoms with Crippen molar-refractivity contribution in [3.8, 4) is 5.75 Å². The molecule has 1 fully saturated rings. The summed E-state index contributed by atoms with van der Waals surface area (Å²) in [6.45, 7) is 3.94. The van der Waals surface area contributed by atoms with E-state index >= 15 is 0 Å². The molecule has 4 rings (SSSR count). The van der Waals surface area contributed by atoms with Crippen LogP contribution in [0.25, 0.3) is 5.76 Å². The Labute approximate surface area is 186 Å². The number of likely N-dealkylation sites (tertiary alicyclic amines) is 1. The molecule has 1 aromatic heterocycles. The molecule has 1 unspecified atom stereocenters. The SMILES string of the molecule is COc1ccc(/C(O)=C2\C(=O)C(=O)N(Cc3ccccn3)C2c2ccccc2C)cc1C. The van der Waals surface area contributed by atoms with Crippen molar-refractivity contribution in [2.45, 2.75) is 26.4 Å². The fraction of sp³-hybridized carbons (Fsp3) is 0.192. The van der Waals surface area contributed by atoms with Crippen LogP contribution in [-0.4, -0.2) is 33.8 Å². The van der Waals surface area contributed by atoms with Crippen LogP contribution >= 0.6 is 0 Å². The number of Topliss-reactive ketones (excluding diaryl/α,β-unsaturated/α-hetero) is 1. The van der Waals surface area contributed by atoms with E-state index in [1.165, 1.54) is 4.90 Å². The third-order valence-corrected chi connectivity index (χ3v) is 5.75. The largest absolute Gasteiger partial charge is 0.507 e. The zero-order chi connectivity index (χ0) is 22.8. The molecule has 162 valence electrons. The number of carbonyl (C=O) groups is 2. The molecule has 0 radical (unpaired) electrons. The number of nitrogens with zero attached hydrogens (tertiary/aromatic N) is 2. The van der Waals surface area contributed by atoms with Gasteiger partial charge < -0.3 is 14.7 Å². The van der Waals surface area contributed by atoms with E-state index in [-0.39, 0.29) is 17.9 Å². The summed E-state index contributed by atoms with van der Waals surface area (Å²) in [4.78, 5) is 32.1. The van der Waals surface area contributed by atoms with Crippen molar-refractivity contribution in [3.63, 3.8) is 0 Å². The van der Waals surface area contributed by atoms with Crippen molar-refractivity contribution in [3.05, 3.63) is 100 Å². The summed E-state index contributed by atoms with van der Waals surface area (Å²) in [6, 6.07) is 17.4. The van der Waals surface area contributed by atoms with Gasteiger partial charge in [-0.1, -0.05) is 30.3 Å². The van der Waals surface area contributed by atoms with E-state index in [0.29, 0.717) is 17.0 Å². The Hall–Kier alpha value is -3.93. The van der Waals surface area contributed by atoms with Gasteiger partial charge in [0.2, 0.25) is 0 Å². The molecule has 0 bridgehead atoms. The summed E-state index contributed by atoms with van der Waals surface area (Å²) in [5, 5.41) is 11.2. The molecule has 1 atom stereocenters. The summed E-state index contributed by atoms with van der Waals surface area (Å²) in [6.07, 6.45) is 1.65. The molecule has 1 aliphatic rings. The third kappa shape index (κ3) is 3.75. The normalized spacial score (nSPS) is 17.6. The monoisotopic (exact) mass is 428 g/mol. The number of carbonyl (C=O) groups excluding carboxylic acids is 2. The van der Waals surface area contributed by atoms with Gasteiger partial charge in [0, 0.05) is 11.8 Å². The first kappa shape index (κ1) is 21.3. The van der Waals surface area contributed by atoms with Gasteiger partial charge in [-0.05, 0) is 60.9 Å². The lowest BCUT2D eigenvalue weighted by Crippen LogP contribution is -2.29. The van der Waals surface area contributed by atoms with Crippen LogP contribution in [0.3, 0.4) is 0 Å². The lowest BCUT2D eigenvalue weighted by Gasteiger charge is -2.26. The van der Waals surface area contributed by atoms with E-state index < -0.39 is 17.7 Å². The number of aromatic nitrogens is 1. The lowest BCUT2D eigenvalue weighted by molar-refractivity contribution is -0.140. The number of ether oxygens (including phenoxy) is 1. The maximum atomic E-state index is 13.2. The van der Waals surface area contributed by atoms with E-state index in [1.54, 1.807) is 43.6 Å². The maximum absolute atomic E-state index is 13.2. The number of rotatable bonds is 5. The van der Waals surface area contributed by atoms with Crippen molar-refractivity contribution in [2.24, 2.45) is 0 Å². The predicted molar refractivity (Wildman–Crippen MR) is 121 cm³/mol. The number of methoxy groups -OCH3 is 1. The highest BCUT2D eigenvalue weighted by Gasteiger charge is 2.46. The fourth-order valence-corrected chi connectivity index (χ4v) is 4.11. The summed E-state index contributed by atoms with van der Waals surface area (Å²) >= 11 is 0.